The fourth-order valence-corrected chi connectivity index (χ4v) is 3.20. The molecule has 3 rings (SSSR count). The first-order valence-corrected chi connectivity index (χ1v) is 6.77. The van der Waals surface area contributed by atoms with E-state index in [0.29, 0.717) is 6.42 Å². The zero-order valence-corrected chi connectivity index (χ0v) is 10.7. The van der Waals surface area contributed by atoms with Crippen LogP contribution in [0.4, 0.5) is 0 Å². The van der Waals surface area contributed by atoms with Gasteiger partial charge in [0.25, 0.3) is 0 Å². The second-order valence-corrected chi connectivity index (χ2v) is 5.30. The van der Waals surface area contributed by atoms with Crippen LogP contribution in [0, 0.1) is 0 Å². The lowest BCUT2D eigenvalue weighted by Crippen LogP contribution is -2.42. The van der Waals surface area contributed by atoms with Crippen LogP contribution in [-0.2, 0) is 23.7 Å². The maximum atomic E-state index is 11.5. The van der Waals surface area contributed by atoms with Crippen molar-refractivity contribution < 1.29 is 23.7 Å². The molecule has 0 bridgehead atoms. The number of carbonyl (C=O) groups is 1. The molecule has 0 spiro atoms. The summed E-state index contributed by atoms with van der Waals surface area (Å²) in [6.07, 6.45) is 4.86. The quantitative estimate of drug-likeness (QED) is 0.664. The first kappa shape index (κ1) is 12.4. The third-order valence-electron chi connectivity index (χ3n) is 4.22. The molecule has 3 heterocycles. The zero-order valence-electron chi connectivity index (χ0n) is 10.7. The summed E-state index contributed by atoms with van der Waals surface area (Å²) >= 11 is 0. The Morgan fingerprint density at radius 1 is 1.28 bits per heavy atom. The van der Waals surface area contributed by atoms with E-state index in [1.165, 1.54) is 0 Å². The first-order valence-electron chi connectivity index (χ1n) is 6.77. The van der Waals surface area contributed by atoms with Crippen molar-refractivity contribution in [1.82, 2.24) is 0 Å². The van der Waals surface area contributed by atoms with E-state index < -0.39 is 5.79 Å². The Labute approximate surface area is 107 Å². The Kier molecular flexibility index (Phi) is 3.30. The maximum Gasteiger partial charge on any atom is 0.311 e. The second kappa shape index (κ2) is 4.79. The average Bonchev–Trinajstić information content (AvgIpc) is 2.53. The van der Waals surface area contributed by atoms with Gasteiger partial charge in [-0.25, -0.2) is 0 Å². The van der Waals surface area contributed by atoms with E-state index in [4.69, 9.17) is 18.9 Å². The lowest BCUT2D eigenvalue weighted by atomic mass is 10.0. The zero-order chi connectivity index (χ0) is 12.6. The van der Waals surface area contributed by atoms with Crippen LogP contribution in [0.25, 0.3) is 0 Å². The van der Waals surface area contributed by atoms with E-state index in [1.54, 1.807) is 7.11 Å². The molecule has 0 amide bonds. The fraction of sp³-hybridized carbons (Fsp3) is 0.923. The van der Waals surface area contributed by atoms with Crippen molar-refractivity contribution in [3.8, 4) is 0 Å². The predicted molar refractivity (Wildman–Crippen MR) is 61.9 cm³/mol. The van der Waals surface area contributed by atoms with Crippen LogP contribution in [0.1, 0.15) is 38.5 Å². The standard InChI is InChI=1S/C13H20O5/c1-15-13-6-5-9-10(4-2-3-7-16-9)17-11(13)8-12(14)18-13/h9-11H,2-8H2,1H3/t9-,10-,11+,13+/m1/s1. The van der Waals surface area contributed by atoms with Gasteiger partial charge in [0.1, 0.15) is 6.10 Å². The molecule has 0 aromatic carbocycles. The van der Waals surface area contributed by atoms with Gasteiger partial charge >= 0.3 is 5.97 Å². The number of carbonyl (C=O) groups excluding carboxylic acids is 1. The molecule has 4 atom stereocenters. The van der Waals surface area contributed by atoms with Gasteiger partial charge in [-0.15, -0.1) is 0 Å². The third-order valence-corrected chi connectivity index (χ3v) is 4.22. The molecule has 3 aliphatic heterocycles. The molecule has 0 aromatic rings. The highest BCUT2D eigenvalue weighted by Gasteiger charge is 2.54. The molecule has 5 nitrogen and oxygen atoms in total. The van der Waals surface area contributed by atoms with Crippen molar-refractivity contribution in [3.63, 3.8) is 0 Å². The third kappa shape index (κ3) is 2.04. The largest absolute Gasteiger partial charge is 0.430 e. The highest BCUT2D eigenvalue weighted by Crippen LogP contribution is 2.40. The lowest BCUT2D eigenvalue weighted by molar-refractivity contribution is -0.241. The van der Waals surface area contributed by atoms with Gasteiger partial charge in [0.2, 0.25) is 5.79 Å². The van der Waals surface area contributed by atoms with Crippen molar-refractivity contribution in [2.45, 2.75) is 62.6 Å². The molecular formula is C13H20O5. The Bertz CT molecular complexity index is 331. The summed E-state index contributed by atoms with van der Waals surface area (Å²) in [5.74, 6) is -1.11. The Morgan fingerprint density at radius 3 is 3.00 bits per heavy atom. The number of ether oxygens (including phenoxy) is 4. The molecule has 5 heteroatoms. The molecule has 0 saturated carbocycles. The van der Waals surface area contributed by atoms with Gasteiger partial charge in [0.15, 0.2) is 0 Å². The number of esters is 1. The summed E-state index contributed by atoms with van der Waals surface area (Å²) < 4.78 is 22.8. The van der Waals surface area contributed by atoms with Crippen molar-refractivity contribution in [3.05, 3.63) is 0 Å². The topological polar surface area (TPSA) is 54.0 Å². The normalized spacial score (nSPS) is 44.5. The summed E-state index contributed by atoms with van der Waals surface area (Å²) in [6.45, 7) is 0.801. The summed E-state index contributed by atoms with van der Waals surface area (Å²) in [4.78, 5) is 11.5. The van der Waals surface area contributed by atoms with Crippen LogP contribution < -0.4 is 0 Å². The van der Waals surface area contributed by atoms with Gasteiger partial charge in [-0.2, -0.15) is 0 Å². The minimum absolute atomic E-state index is 0.0732. The fourth-order valence-electron chi connectivity index (χ4n) is 3.20. The van der Waals surface area contributed by atoms with Crippen molar-refractivity contribution >= 4 is 5.97 Å². The van der Waals surface area contributed by atoms with Crippen LogP contribution in [0.15, 0.2) is 0 Å². The van der Waals surface area contributed by atoms with E-state index in [1.807, 2.05) is 0 Å². The highest BCUT2D eigenvalue weighted by atomic mass is 16.7. The van der Waals surface area contributed by atoms with E-state index in [9.17, 15) is 4.79 Å². The van der Waals surface area contributed by atoms with Crippen molar-refractivity contribution in [1.29, 1.82) is 0 Å². The van der Waals surface area contributed by atoms with Gasteiger partial charge < -0.3 is 18.9 Å². The monoisotopic (exact) mass is 256 g/mol. The Morgan fingerprint density at radius 2 is 2.17 bits per heavy atom. The second-order valence-electron chi connectivity index (χ2n) is 5.30. The van der Waals surface area contributed by atoms with Crippen molar-refractivity contribution in [2.24, 2.45) is 0 Å². The maximum absolute atomic E-state index is 11.5. The summed E-state index contributed by atoms with van der Waals surface area (Å²) in [7, 11) is 1.58. The number of fused-ring (bicyclic) bond motifs is 2. The van der Waals surface area contributed by atoms with E-state index in [2.05, 4.69) is 0 Å². The van der Waals surface area contributed by atoms with Crippen LogP contribution in [0.3, 0.4) is 0 Å². The number of hydrogen-bond acceptors (Lipinski definition) is 5. The number of hydrogen-bond donors (Lipinski definition) is 0. The van der Waals surface area contributed by atoms with Crippen LogP contribution >= 0.6 is 0 Å². The average molecular weight is 256 g/mol. The minimum Gasteiger partial charge on any atom is -0.430 e. The summed E-state index contributed by atoms with van der Waals surface area (Å²) in [5, 5.41) is 0. The molecule has 102 valence electrons. The molecular weight excluding hydrogens is 236 g/mol. The van der Waals surface area contributed by atoms with Crippen LogP contribution in [0.5, 0.6) is 0 Å². The van der Waals surface area contributed by atoms with E-state index in [0.717, 1.165) is 32.3 Å². The SMILES string of the molecule is CO[C@]12CC[C@H]3OCCCC[C@H]3O[C@H]1CC(=O)O2. The molecule has 3 fully saturated rings. The molecule has 0 N–H and O–H groups in total. The van der Waals surface area contributed by atoms with E-state index >= 15 is 0 Å². The van der Waals surface area contributed by atoms with E-state index in [-0.39, 0.29) is 30.7 Å². The first-order chi connectivity index (χ1) is 8.73. The van der Waals surface area contributed by atoms with Gasteiger partial charge in [-0.1, -0.05) is 0 Å². The van der Waals surface area contributed by atoms with Gasteiger partial charge in [0, 0.05) is 20.1 Å². The van der Waals surface area contributed by atoms with Crippen LogP contribution in [0.2, 0.25) is 0 Å². The van der Waals surface area contributed by atoms with Gasteiger partial charge in [0.05, 0.1) is 18.6 Å². The smallest absolute Gasteiger partial charge is 0.311 e. The summed E-state index contributed by atoms with van der Waals surface area (Å²) in [5.41, 5.74) is 0. The molecule has 0 unspecified atom stereocenters. The number of rotatable bonds is 1. The molecule has 18 heavy (non-hydrogen) atoms. The molecule has 0 aliphatic carbocycles. The van der Waals surface area contributed by atoms with Crippen molar-refractivity contribution in [2.75, 3.05) is 13.7 Å². The molecule has 3 saturated heterocycles. The van der Waals surface area contributed by atoms with Gasteiger partial charge in [-0.3, -0.25) is 4.79 Å². The Hall–Kier alpha value is -0.650. The molecule has 3 aliphatic rings. The minimum atomic E-state index is -0.882. The predicted octanol–water partition coefficient (Wildman–Crippen LogP) is 1.39. The molecule has 0 radical (unpaired) electrons. The van der Waals surface area contributed by atoms with Gasteiger partial charge in [-0.05, 0) is 25.7 Å². The molecule has 0 aromatic heterocycles. The lowest BCUT2D eigenvalue weighted by Gasteiger charge is -2.30. The Balaban J connectivity index is 1.80. The number of methoxy groups -OCH3 is 1. The highest BCUT2D eigenvalue weighted by molar-refractivity contribution is 5.73. The summed E-state index contributed by atoms with van der Waals surface area (Å²) in [6, 6.07) is 0. The van der Waals surface area contributed by atoms with Crippen LogP contribution in [-0.4, -0.2) is 43.8 Å².